The van der Waals surface area contributed by atoms with Gasteiger partial charge in [-0.15, -0.1) is 0 Å². The number of carbonyl (C=O) groups is 1. The Morgan fingerprint density at radius 3 is 2.71 bits per heavy atom. The van der Waals surface area contributed by atoms with Gasteiger partial charge in [0, 0.05) is 10.7 Å². The topological polar surface area (TPSA) is 50.4 Å². The summed E-state index contributed by atoms with van der Waals surface area (Å²) in [5.74, 6) is 0.524. The predicted octanol–water partition coefficient (Wildman–Crippen LogP) is 4.65. The fourth-order valence-corrected chi connectivity index (χ4v) is 2.17. The molecule has 0 spiro atoms. The van der Waals surface area contributed by atoms with E-state index in [1.807, 2.05) is 50.2 Å². The minimum absolute atomic E-state index is 0.124. The van der Waals surface area contributed by atoms with Gasteiger partial charge in [0.1, 0.15) is 12.4 Å². The molecule has 2 aromatic carbocycles. The molecule has 0 bridgehead atoms. The Kier molecular flexibility index (Phi) is 6.27. The summed E-state index contributed by atoms with van der Waals surface area (Å²) in [7, 11) is 0. The van der Waals surface area contributed by atoms with E-state index in [1.165, 1.54) is 0 Å². The summed E-state index contributed by atoms with van der Waals surface area (Å²) in [5, 5.41) is 6.52. The van der Waals surface area contributed by atoms with Crippen molar-refractivity contribution in [3.63, 3.8) is 0 Å². The first-order chi connectivity index (χ1) is 11.5. The summed E-state index contributed by atoms with van der Waals surface area (Å²) in [6, 6.07) is 12.9. The second kappa shape index (κ2) is 8.41. The highest BCUT2D eigenvalue weighted by atomic mass is 35.5. The monoisotopic (exact) mass is 344 g/mol. The molecule has 0 saturated carbocycles. The Balaban J connectivity index is 1.94. The van der Waals surface area contributed by atoms with Gasteiger partial charge < -0.3 is 15.4 Å². The van der Waals surface area contributed by atoms with Crippen molar-refractivity contribution in [3.8, 4) is 5.75 Å². The molecular formula is C19H21ClN2O2. The molecule has 0 aromatic heterocycles. The van der Waals surface area contributed by atoms with Crippen LogP contribution in [0.15, 0.2) is 54.6 Å². The van der Waals surface area contributed by atoms with Crippen LogP contribution in [0.3, 0.4) is 0 Å². The van der Waals surface area contributed by atoms with E-state index >= 15 is 0 Å². The average molecular weight is 345 g/mol. The van der Waals surface area contributed by atoms with Crippen molar-refractivity contribution in [2.45, 2.75) is 13.8 Å². The highest BCUT2D eigenvalue weighted by molar-refractivity contribution is 6.31. The molecule has 0 aliphatic carbocycles. The number of nitrogens with one attached hydrogen (secondary N) is 2. The van der Waals surface area contributed by atoms with Gasteiger partial charge in [0.15, 0.2) is 0 Å². The average Bonchev–Trinajstić information content (AvgIpc) is 2.55. The standard InChI is InChI=1S/C19H21ClN2O2/c1-13(2)12-24-18-7-5-4-6-17(18)21-11-19(23)22-15-9-8-14(3)16(20)10-15/h4-10,21H,1,11-12H2,2-3H3,(H,22,23). The molecule has 0 unspecified atom stereocenters. The summed E-state index contributed by atoms with van der Waals surface area (Å²) >= 11 is 6.06. The second-order valence-corrected chi connectivity index (χ2v) is 6.01. The maximum absolute atomic E-state index is 12.1. The molecule has 0 fully saturated rings. The van der Waals surface area contributed by atoms with E-state index in [-0.39, 0.29) is 12.5 Å². The highest BCUT2D eigenvalue weighted by Gasteiger charge is 2.07. The van der Waals surface area contributed by atoms with Gasteiger partial charge in [-0.25, -0.2) is 0 Å². The zero-order chi connectivity index (χ0) is 17.5. The van der Waals surface area contributed by atoms with Crippen LogP contribution in [0, 0.1) is 6.92 Å². The van der Waals surface area contributed by atoms with Crippen LogP contribution in [-0.4, -0.2) is 19.1 Å². The molecule has 126 valence electrons. The molecule has 4 nitrogen and oxygen atoms in total. The van der Waals surface area contributed by atoms with Crippen molar-refractivity contribution >= 4 is 28.9 Å². The van der Waals surface area contributed by atoms with Gasteiger partial charge in [0.2, 0.25) is 5.91 Å². The van der Waals surface area contributed by atoms with E-state index in [1.54, 1.807) is 6.07 Å². The molecule has 5 heteroatoms. The number of amides is 1. The minimum Gasteiger partial charge on any atom is -0.487 e. The largest absolute Gasteiger partial charge is 0.487 e. The Bertz CT molecular complexity index is 744. The lowest BCUT2D eigenvalue weighted by atomic mass is 10.2. The smallest absolute Gasteiger partial charge is 0.243 e. The number of anilines is 2. The summed E-state index contributed by atoms with van der Waals surface area (Å²) in [5.41, 5.74) is 3.33. The van der Waals surface area contributed by atoms with Gasteiger partial charge in [-0.2, -0.15) is 0 Å². The lowest BCUT2D eigenvalue weighted by Gasteiger charge is -2.13. The zero-order valence-corrected chi connectivity index (χ0v) is 14.6. The number of hydrogen-bond acceptors (Lipinski definition) is 3. The lowest BCUT2D eigenvalue weighted by Crippen LogP contribution is -2.22. The number of rotatable bonds is 7. The molecule has 2 rings (SSSR count). The van der Waals surface area contributed by atoms with Gasteiger partial charge in [-0.3, -0.25) is 4.79 Å². The summed E-state index contributed by atoms with van der Waals surface area (Å²) in [4.78, 5) is 12.1. The van der Waals surface area contributed by atoms with E-state index in [2.05, 4.69) is 17.2 Å². The van der Waals surface area contributed by atoms with E-state index in [0.717, 1.165) is 16.8 Å². The van der Waals surface area contributed by atoms with Crippen molar-refractivity contribution in [2.24, 2.45) is 0 Å². The Hall–Kier alpha value is -2.46. The van der Waals surface area contributed by atoms with Gasteiger partial charge >= 0.3 is 0 Å². The van der Waals surface area contributed by atoms with Crippen molar-refractivity contribution in [1.82, 2.24) is 0 Å². The van der Waals surface area contributed by atoms with Gasteiger partial charge in [0.05, 0.1) is 12.2 Å². The Morgan fingerprint density at radius 1 is 1.25 bits per heavy atom. The molecule has 2 aromatic rings. The van der Waals surface area contributed by atoms with Crippen LogP contribution >= 0.6 is 11.6 Å². The first-order valence-electron chi connectivity index (χ1n) is 7.62. The third kappa shape index (κ3) is 5.32. The van der Waals surface area contributed by atoms with E-state index in [4.69, 9.17) is 16.3 Å². The van der Waals surface area contributed by atoms with Gasteiger partial charge in [0.25, 0.3) is 0 Å². The van der Waals surface area contributed by atoms with Crippen LogP contribution in [0.1, 0.15) is 12.5 Å². The van der Waals surface area contributed by atoms with Crippen molar-refractivity contribution < 1.29 is 9.53 Å². The number of halogens is 1. The van der Waals surface area contributed by atoms with E-state index in [0.29, 0.717) is 23.1 Å². The molecular weight excluding hydrogens is 324 g/mol. The van der Waals surface area contributed by atoms with Crippen LogP contribution in [0.2, 0.25) is 5.02 Å². The predicted molar refractivity (Wildman–Crippen MR) is 100 cm³/mol. The molecule has 0 saturated heterocycles. The molecule has 2 N–H and O–H groups in total. The van der Waals surface area contributed by atoms with Crippen LogP contribution in [0.4, 0.5) is 11.4 Å². The van der Waals surface area contributed by atoms with E-state index in [9.17, 15) is 4.79 Å². The van der Waals surface area contributed by atoms with Crippen LogP contribution in [0.25, 0.3) is 0 Å². The van der Waals surface area contributed by atoms with Gasteiger partial charge in [-0.05, 0) is 49.2 Å². The fraction of sp³-hybridized carbons (Fsp3) is 0.211. The van der Waals surface area contributed by atoms with Crippen LogP contribution in [0.5, 0.6) is 5.75 Å². The zero-order valence-electron chi connectivity index (χ0n) is 13.9. The first-order valence-corrected chi connectivity index (χ1v) is 7.99. The molecule has 0 heterocycles. The van der Waals surface area contributed by atoms with Crippen LogP contribution in [-0.2, 0) is 4.79 Å². The molecule has 0 aliphatic heterocycles. The quantitative estimate of drug-likeness (QED) is 0.718. The highest BCUT2D eigenvalue weighted by Crippen LogP contribution is 2.24. The normalized spacial score (nSPS) is 10.1. The molecule has 24 heavy (non-hydrogen) atoms. The molecule has 1 amide bonds. The lowest BCUT2D eigenvalue weighted by molar-refractivity contribution is -0.114. The Labute approximate surface area is 147 Å². The number of ether oxygens (including phenoxy) is 1. The molecule has 0 atom stereocenters. The third-order valence-electron chi connectivity index (χ3n) is 3.26. The Morgan fingerprint density at radius 2 is 2.00 bits per heavy atom. The second-order valence-electron chi connectivity index (χ2n) is 5.61. The van der Waals surface area contributed by atoms with Crippen molar-refractivity contribution in [3.05, 3.63) is 65.2 Å². The first kappa shape index (κ1) is 17.9. The minimum atomic E-state index is -0.162. The summed E-state index contributed by atoms with van der Waals surface area (Å²) in [6.45, 7) is 8.19. The van der Waals surface area contributed by atoms with E-state index < -0.39 is 0 Å². The van der Waals surface area contributed by atoms with Crippen molar-refractivity contribution in [1.29, 1.82) is 0 Å². The van der Waals surface area contributed by atoms with Crippen molar-refractivity contribution in [2.75, 3.05) is 23.8 Å². The number of carbonyl (C=O) groups excluding carboxylic acids is 1. The number of benzene rings is 2. The summed E-state index contributed by atoms with van der Waals surface area (Å²) < 4.78 is 5.67. The maximum atomic E-state index is 12.1. The fourth-order valence-electron chi connectivity index (χ4n) is 1.99. The third-order valence-corrected chi connectivity index (χ3v) is 3.66. The number of para-hydroxylation sites is 2. The van der Waals surface area contributed by atoms with Gasteiger partial charge in [-0.1, -0.05) is 36.4 Å². The number of aryl methyl sites for hydroxylation is 1. The molecule has 0 radical (unpaired) electrons. The number of hydrogen-bond donors (Lipinski definition) is 2. The SMILES string of the molecule is C=C(C)COc1ccccc1NCC(=O)Nc1ccc(C)c(Cl)c1. The summed E-state index contributed by atoms with van der Waals surface area (Å²) in [6.07, 6.45) is 0. The molecule has 0 aliphatic rings. The van der Waals surface area contributed by atoms with Crippen LogP contribution < -0.4 is 15.4 Å². The maximum Gasteiger partial charge on any atom is 0.243 e.